The van der Waals surface area contributed by atoms with Gasteiger partial charge in [-0.3, -0.25) is 9.88 Å². The van der Waals surface area contributed by atoms with Crippen LogP contribution in [-0.2, 0) is 26.4 Å². The smallest absolute Gasteiger partial charge is 0.271 e. The van der Waals surface area contributed by atoms with E-state index in [0.717, 1.165) is 30.8 Å². The Kier molecular flexibility index (Phi) is 5.36. The number of amides is 2. The number of carbonyl (C=O) groups excluding carboxylic acids is 1. The Morgan fingerprint density at radius 2 is 1.73 bits per heavy atom. The van der Waals surface area contributed by atoms with Crippen LogP contribution in [0.1, 0.15) is 5.56 Å². The van der Waals surface area contributed by atoms with E-state index in [1.165, 1.54) is 12.3 Å². The summed E-state index contributed by atoms with van der Waals surface area (Å²) in [4.78, 5) is 20.7. The summed E-state index contributed by atoms with van der Waals surface area (Å²) in [6, 6.07) is 2.86. The lowest BCUT2D eigenvalue weighted by Crippen LogP contribution is -2.51. The van der Waals surface area contributed by atoms with Crippen LogP contribution in [0.25, 0.3) is 0 Å². The van der Waals surface area contributed by atoms with Crippen LogP contribution in [0, 0.1) is 17.5 Å². The van der Waals surface area contributed by atoms with Crippen LogP contribution < -0.4 is 9.21 Å². The molecule has 3 aromatic rings. The fraction of sp³-hybridized carbons (Fsp3) is 0.105. The molecule has 0 atom stereocenters. The summed E-state index contributed by atoms with van der Waals surface area (Å²) < 4.78 is 92.3. The first-order chi connectivity index (χ1) is 15.4. The zero-order chi connectivity index (χ0) is 24.1. The van der Waals surface area contributed by atoms with Gasteiger partial charge < -0.3 is 0 Å². The normalized spacial score (nSPS) is 15.5. The SMILES string of the molecule is CS(=O)(=O)c1cncc(N2C(=O)N(Cc3c(F)cc(F)cc3F)c3ncccc3S2(=O)=O)c1. The van der Waals surface area contributed by atoms with Gasteiger partial charge in [-0.25, -0.2) is 39.8 Å². The molecule has 4 rings (SSSR count). The maximum absolute atomic E-state index is 14.3. The number of nitrogens with zero attached hydrogens (tertiary/aromatic N) is 4. The average molecular weight is 498 g/mol. The van der Waals surface area contributed by atoms with Crippen LogP contribution in [0.4, 0.5) is 29.5 Å². The van der Waals surface area contributed by atoms with Crippen molar-refractivity contribution in [1.29, 1.82) is 0 Å². The molecule has 0 saturated heterocycles. The van der Waals surface area contributed by atoms with E-state index in [1.54, 1.807) is 0 Å². The van der Waals surface area contributed by atoms with Crippen molar-refractivity contribution in [3.05, 3.63) is 71.9 Å². The number of hydrogen-bond donors (Lipinski definition) is 0. The van der Waals surface area contributed by atoms with Crippen LogP contribution in [-0.4, -0.2) is 39.1 Å². The number of urea groups is 1. The first kappa shape index (κ1) is 22.7. The van der Waals surface area contributed by atoms with E-state index in [1.807, 2.05) is 0 Å². The van der Waals surface area contributed by atoms with Gasteiger partial charge in [-0.15, -0.1) is 0 Å². The summed E-state index contributed by atoms with van der Waals surface area (Å²) in [5.41, 5.74) is -1.12. The standard InChI is InChI=1S/C19H13F3N4O5S2/c1-32(28,29)13-7-12(8-23-9-13)26-19(27)25(10-14-15(21)5-11(20)6-16(14)22)18-17(33(26,30)31)3-2-4-24-18/h2-9H,10H2,1H3. The number of sulfonamides is 1. The van der Waals surface area contributed by atoms with Gasteiger partial charge in [0.2, 0.25) is 0 Å². The van der Waals surface area contributed by atoms with Gasteiger partial charge in [-0.1, -0.05) is 0 Å². The summed E-state index contributed by atoms with van der Waals surface area (Å²) in [5, 5.41) is 0. The Hall–Kier alpha value is -3.52. The van der Waals surface area contributed by atoms with E-state index in [2.05, 4.69) is 9.97 Å². The Labute approximate surface area is 186 Å². The van der Waals surface area contributed by atoms with Crippen LogP contribution in [0.5, 0.6) is 0 Å². The predicted octanol–water partition coefficient (Wildman–Crippen LogP) is 2.63. The van der Waals surface area contributed by atoms with Crippen molar-refractivity contribution in [3.63, 3.8) is 0 Å². The number of sulfone groups is 1. The molecule has 3 heterocycles. The largest absolute Gasteiger partial charge is 0.344 e. The van der Waals surface area contributed by atoms with Gasteiger partial charge in [0, 0.05) is 36.3 Å². The lowest BCUT2D eigenvalue weighted by atomic mass is 10.1. The van der Waals surface area contributed by atoms with E-state index < -0.39 is 71.9 Å². The van der Waals surface area contributed by atoms with E-state index >= 15 is 0 Å². The van der Waals surface area contributed by atoms with Crippen molar-refractivity contribution in [1.82, 2.24) is 9.97 Å². The second kappa shape index (κ2) is 7.81. The number of halogens is 3. The first-order valence-corrected chi connectivity index (χ1v) is 12.3. The van der Waals surface area contributed by atoms with E-state index in [-0.39, 0.29) is 9.20 Å². The van der Waals surface area contributed by atoms with E-state index in [0.29, 0.717) is 17.0 Å². The van der Waals surface area contributed by atoms with E-state index in [4.69, 9.17) is 0 Å². The molecule has 0 N–H and O–H groups in total. The fourth-order valence-corrected chi connectivity index (χ4v) is 5.29. The number of benzene rings is 1. The first-order valence-electron chi connectivity index (χ1n) is 9.01. The molecule has 0 radical (unpaired) electrons. The fourth-order valence-electron chi connectivity index (χ4n) is 3.18. The predicted molar refractivity (Wildman–Crippen MR) is 109 cm³/mol. The van der Waals surface area contributed by atoms with Crippen LogP contribution in [0.15, 0.2) is 58.7 Å². The molecule has 2 aromatic heterocycles. The minimum Gasteiger partial charge on any atom is -0.271 e. The molecule has 0 bridgehead atoms. The Bertz CT molecular complexity index is 1490. The maximum atomic E-state index is 14.3. The molecule has 33 heavy (non-hydrogen) atoms. The molecule has 0 unspecified atom stereocenters. The van der Waals surface area contributed by atoms with Crippen molar-refractivity contribution in [3.8, 4) is 0 Å². The van der Waals surface area contributed by atoms with Gasteiger partial charge in [0.25, 0.3) is 10.0 Å². The van der Waals surface area contributed by atoms with Gasteiger partial charge >= 0.3 is 6.03 Å². The zero-order valence-electron chi connectivity index (χ0n) is 16.6. The minimum atomic E-state index is -4.60. The van der Waals surface area contributed by atoms with Crippen molar-refractivity contribution in [2.75, 3.05) is 15.5 Å². The lowest BCUT2D eigenvalue weighted by Gasteiger charge is -2.35. The highest BCUT2D eigenvalue weighted by Crippen LogP contribution is 2.37. The van der Waals surface area contributed by atoms with Gasteiger partial charge in [0.05, 0.1) is 23.3 Å². The number of fused-ring (bicyclic) bond motifs is 1. The topological polar surface area (TPSA) is 118 Å². The number of aromatic nitrogens is 2. The summed E-state index contributed by atoms with van der Waals surface area (Å²) >= 11 is 0. The number of rotatable bonds is 4. The summed E-state index contributed by atoms with van der Waals surface area (Å²) in [7, 11) is -8.41. The molecule has 0 spiro atoms. The lowest BCUT2D eigenvalue weighted by molar-refractivity contribution is 0.253. The third-order valence-electron chi connectivity index (χ3n) is 4.71. The van der Waals surface area contributed by atoms with Gasteiger partial charge in [-0.2, -0.15) is 4.31 Å². The molecule has 9 nitrogen and oxygen atoms in total. The van der Waals surface area contributed by atoms with Crippen molar-refractivity contribution in [2.24, 2.45) is 0 Å². The number of carbonyl (C=O) groups is 1. The quantitative estimate of drug-likeness (QED) is 0.543. The Balaban J connectivity index is 1.91. The summed E-state index contributed by atoms with van der Waals surface area (Å²) in [5.74, 6) is -4.17. The second-order valence-corrected chi connectivity index (χ2v) is 10.7. The van der Waals surface area contributed by atoms with Crippen molar-refractivity contribution in [2.45, 2.75) is 16.3 Å². The maximum Gasteiger partial charge on any atom is 0.344 e. The van der Waals surface area contributed by atoms with Gasteiger partial charge in [0.1, 0.15) is 22.3 Å². The summed E-state index contributed by atoms with van der Waals surface area (Å²) in [6.45, 7) is -0.827. The molecule has 0 saturated carbocycles. The third kappa shape index (κ3) is 3.91. The van der Waals surface area contributed by atoms with Crippen LogP contribution >= 0.6 is 0 Å². The van der Waals surface area contributed by atoms with Crippen molar-refractivity contribution >= 4 is 37.4 Å². The molecular formula is C19H13F3N4O5S2. The molecule has 0 aliphatic carbocycles. The number of pyridine rings is 2. The third-order valence-corrected chi connectivity index (χ3v) is 7.51. The molecule has 1 aromatic carbocycles. The highest BCUT2D eigenvalue weighted by Gasteiger charge is 2.44. The average Bonchev–Trinajstić information content (AvgIpc) is 2.72. The van der Waals surface area contributed by atoms with Crippen LogP contribution in [0.2, 0.25) is 0 Å². The second-order valence-electron chi connectivity index (χ2n) is 6.96. The minimum absolute atomic E-state index is 0.262. The van der Waals surface area contributed by atoms with Crippen LogP contribution in [0.3, 0.4) is 0 Å². The Morgan fingerprint density at radius 3 is 2.36 bits per heavy atom. The molecule has 172 valence electrons. The van der Waals surface area contributed by atoms with Gasteiger partial charge in [-0.05, 0) is 18.2 Å². The number of anilines is 2. The van der Waals surface area contributed by atoms with Gasteiger partial charge in [0.15, 0.2) is 15.7 Å². The monoisotopic (exact) mass is 498 g/mol. The van der Waals surface area contributed by atoms with E-state index in [9.17, 15) is 34.8 Å². The molecule has 0 fully saturated rings. The highest BCUT2D eigenvalue weighted by atomic mass is 32.2. The molecule has 1 aliphatic rings. The molecular weight excluding hydrogens is 485 g/mol. The molecule has 1 aliphatic heterocycles. The number of hydrogen-bond acceptors (Lipinski definition) is 7. The molecule has 2 amide bonds. The zero-order valence-corrected chi connectivity index (χ0v) is 18.2. The Morgan fingerprint density at radius 1 is 1.06 bits per heavy atom. The molecule has 14 heteroatoms. The van der Waals surface area contributed by atoms with Crippen molar-refractivity contribution < 1.29 is 34.8 Å². The highest BCUT2D eigenvalue weighted by molar-refractivity contribution is 7.94. The summed E-state index contributed by atoms with van der Waals surface area (Å²) in [6.07, 6.45) is 3.96.